The fraction of sp³-hybridized carbons (Fsp3) is 0.462. The highest BCUT2D eigenvalue weighted by Gasteiger charge is 2.12. The Morgan fingerprint density at radius 2 is 2.22 bits per heavy atom. The van der Waals surface area contributed by atoms with E-state index in [9.17, 15) is 4.79 Å². The molecule has 0 bridgehead atoms. The molecule has 1 N–H and O–H groups in total. The fourth-order valence-electron chi connectivity index (χ4n) is 1.83. The molecule has 1 aromatic carbocycles. The summed E-state index contributed by atoms with van der Waals surface area (Å²) in [6.07, 6.45) is 0.899. The van der Waals surface area contributed by atoms with Gasteiger partial charge in [0, 0.05) is 17.1 Å². The lowest BCUT2D eigenvalue weighted by Gasteiger charge is -2.20. The molecule has 5 heteroatoms. The van der Waals surface area contributed by atoms with Gasteiger partial charge in [0.05, 0.1) is 13.7 Å². The molecule has 0 radical (unpaired) electrons. The lowest BCUT2D eigenvalue weighted by atomic mass is 10.2. The van der Waals surface area contributed by atoms with Gasteiger partial charge >= 0.3 is 5.97 Å². The second-order valence-electron chi connectivity index (χ2n) is 4.06. The molecule has 1 aromatic rings. The van der Waals surface area contributed by atoms with Crippen molar-refractivity contribution in [1.82, 2.24) is 4.90 Å². The summed E-state index contributed by atoms with van der Waals surface area (Å²) >= 11 is 5.95. The van der Waals surface area contributed by atoms with E-state index >= 15 is 0 Å². The van der Waals surface area contributed by atoms with Crippen LogP contribution < -0.4 is 4.74 Å². The van der Waals surface area contributed by atoms with Crippen LogP contribution in [0.15, 0.2) is 18.2 Å². The zero-order chi connectivity index (χ0) is 13.5. The zero-order valence-corrected chi connectivity index (χ0v) is 11.4. The Bertz CT molecular complexity index is 409. The first-order valence-corrected chi connectivity index (χ1v) is 6.21. The predicted octanol–water partition coefficient (Wildman–Crippen LogP) is 2.65. The van der Waals surface area contributed by atoms with Crippen molar-refractivity contribution in [2.24, 2.45) is 0 Å². The molecule has 4 nitrogen and oxygen atoms in total. The standard InChI is InChI=1S/C13H18ClNO3/c1-3-6-15(9-13(16)17)8-10-7-11(14)4-5-12(10)18-2/h4-5,7H,3,6,8-9H2,1-2H3,(H,16,17). The first-order chi connectivity index (χ1) is 8.56. The van der Waals surface area contributed by atoms with E-state index in [1.807, 2.05) is 17.9 Å². The number of carbonyl (C=O) groups is 1. The number of methoxy groups -OCH3 is 1. The summed E-state index contributed by atoms with van der Waals surface area (Å²) in [6, 6.07) is 5.36. The Morgan fingerprint density at radius 1 is 1.50 bits per heavy atom. The summed E-state index contributed by atoms with van der Waals surface area (Å²) in [5.41, 5.74) is 0.903. The van der Waals surface area contributed by atoms with Gasteiger partial charge in [0.1, 0.15) is 5.75 Å². The lowest BCUT2D eigenvalue weighted by Crippen LogP contribution is -2.30. The van der Waals surface area contributed by atoms with Gasteiger partial charge in [0.2, 0.25) is 0 Å². The summed E-state index contributed by atoms with van der Waals surface area (Å²) in [4.78, 5) is 12.7. The van der Waals surface area contributed by atoms with Crippen LogP contribution in [-0.4, -0.2) is 36.2 Å². The topological polar surface area (TPSA) is 49.8 Å². The molecule has 18 heavy (non-hydrogen) atoms. The first-order valence-electron chi connectivity index (χ1n) is 5.83. The van der Waals surface area contributed by atoms with Gasteiger partial charge in [0.15, 0.2) is 0 Å². The zero-order valence-electron chi connectivity index (χ0n) is 10.6. The number of carboxylic acid groups (broad SMARTS) is 1. The number of benzene rings is 1. The van der Waals surface area contributed by atoms with E-state index in [-0.39, 0.29) is 6.54 Å². The van der Waals surface area contributed by atoms with Crippen molar-refractivity contribution in [2.45, 2.75) is 19.9 Å². The molecule has 0 atom stereocenters. The summed E-state index contributed by atoms with van der Waals surface area (Å²) in [7, 11) is 1.59. The van der Waals surface area contributed by atoms with Gasteiger partial charge in [-0.2, -0.15) is 0 Å². The first kappa shape index (κ1) is 14.8. The number of nitrogens with zero attached hydrogens (tertiary/aromatic N) is 1. The van der Waals surface area contributed by atoms with Crippen molar-refractivity contribution in [3.8, 4) is 5.75 Å². The van der Waals surface area contributed by atoms with Crippen LogP contribution in [0.4, 0.5) is 0 Å². The maximum Gasteiger partial charge on any atom is 0.317 e. The quantitative estimate of drug-likeness (QED) is 0.828. The maximum atomic E-state index is 10.8. The van der Waals surface area contributed by atoms with Gasteiger partial charge in [-0.25, -0.2) is 0 Å². The number of hydrogen-bond acceptors (Lipinski definition) is 3. The minimum atomic E-state index is -0.829. The van der Waals surface area contributed by atoms with Crippen molar-refractivity contribution in [1.29, 1.82) is 0 Å². The summed E-state index contributed by atoms with van der Waals surface area (Å²) < 4.78 is 5.25. The van der Waals surface area contributed by atoms with E-state index in [1.165, 1.54) is 0 Å². The monoisotopic (exact) mass is 271 g/mol. The molecular weight excluding hydrogens is 254 g/mol. The average molecular weight is 272 g/mol. The second kappa shape index (κ2) is 7.24. The predicted molar refractivity (Wildman–Crippen MR) is 71.2 cm³/mol. The summed E-state index contributed by atoms with van der Waals surface area (Å²) in [6.45, 7) is 3.28. The van der Waals surface area contributed by atoms with Crippen LogP contribution in [0.25, 0.3) is 0 Å². The van der Waals surface area contributed by atoms with Gasteiger partial charge in [-0.3, -0.25) is 9.69 Å². The van der Waals surface area contributed by atoms with E-state index in [0.717, 1.165) is 24.3 Å². The van der Waals surface area contributed by atoms with Gasteiger partial charge in [0.25, 0.3) is 0 Å². The minimum Gasteiger partial charge on any atom is -0.496 e. The molecule has 0 amide bonds. The van der Waals surface area contributed by atoms with Gasteiger partial charge in [-0.05, 0) is 31.2 Å². The molecule has 0 fully saturated rings. The second-order valence-corrected chi connectivity index (χ2v) is 4.50. The van der Waals surface area contributed by atoms with Gasteiger partial charge < -0.3 is 9.84 Å². The van der Waals surface area contributed by atoms with E-state index in [1.54, 1.807) is 19.2 Å². The molecule has 0 aliphatic heterocycles. The molecule has 0 aliphatic rings. The highest BCUT2D eigenvalue weighted by Crippen LogP contribution is 2.24. The Hall–Kier alpha value is -1.26. The average Bonchev–Trinajstić information content (AvgIpc) is 2.28. The Kier molecular flexibility index (Phi) is 5.95. The fourth-order valence-corrected chi connectivity index (χ4v) is 2.03. The van der Waals surface area contributed by atoms with E-state index in [2.05, 4.69) is 0 Å². The Morgan fingerprint density at radius 3 is 2.78 bits per heavy atom. The number of carboxylic acids is 1. The molecular formula is C13H18ClNO3. The Balaban J connectivity index is 2.84. The van der Waals surface area contributed by atoms with Crippen molar-refractivity contribution in [3.63, 3.8) is 0 Å². The number of aliphatic carboxylic acids is 1. The molecule has 0 saturated carbocycles. The van der Waals surface area contributed by atoms with Crippen molar-refractivity contribution in [3.05, 3.63) is 28.8 Å². The molecule has 0 aromatic heterocycles. The van der Waals surface area contributed by atoms with Crippen LogP contribution in [0.3, 0.4) is 0 Å². The molecule has 0 heterocycles. The van der Waals surface area contributed by atoms with Gasteiger partial charge in [-0.1, -0.05) is 18.5 Å². The molecule has 1 rings (SSSR count). The van der Waals surface area contributed by atoms with Crippen molar-refractivity contribution < 1.29 is 14.6 Å². The van der Waals surface area contributed by atoms with Crippen molar-refractivity contribution >= 4 is 17.6 Å². The molecule has 0 spiro atoms. The third-order valence-corrected chi connectivity index (χ3v) is 2.77. The lowest BCUT2D eigenvalue weighted by molar-refractivity contribution is -0.138. The third kappa shape index (κ3) is 4.55. The summed E-state index contributed by atoms with van der Waals surface area (Å²) in [5.74, 6) is -0.102. The van der Waals surface area contributed by atoms with Crippen molar-refractivity contribution in [2.75, 3.05) is 20.2 Å². The van der Waals surface area contributed by atoms with Crippen LogP contribution in [0.1, 0.15) is 18.9 Å². The molecule has 0 saturated heterocycles. The SMILES string of the molecule is CCCN(CC(=O)O)Cc1cc(Cl)ccc1OC. The van der Waals surface area contributed by atoms with Crippen LogP contribution in [0.5, 0.6) is 5.75 Å². The number of ether oxygens (including phenoxy) is 1. The normalized spacial score (nSPS) is 10.7. The molecule has 0 unspecified atom stereocenters. The number of hydrogen-bond donors (Lipinski definition) is 1. The maximum absolute atomic E-state index is 10.8. The van der Waals surface area contributed by atoms with E-state index in [4.69, 9.17) is 21.4 Å². The summed E-state index contributed by atoms with van der Waals surface area (Å²) in [5, 5.41) is 9.49. The van der Waals surface area contributed by atoms with Crippen LogP contribution in [-0.2, 0) is 11.3 Å². The molecule has 100 valence electrons. The highest BCUT2D eigenvalue weighted by atomic mass is 35.5. The van der Waals surface area contributed by atoms with E-state index in [0.29, 0.717) is 11.6 Å². The van der Waals surface area contributed by atoms with Crippen LogP contribution in [0, 0.1) is 0 Å². The largest absolute Gasteiger partial charge is 0.496 e. The molecule has 0 aliphatic carbocycles. The minimum absolute atomic E-state index is 0.0174. The highest BCUT2D eigenvalue weighted by molar-refractivity contribution is 6.30. The van der Waals surface area contributed by atoms with E-state index < -0.39 is 5.97 Å². The van der Waals surface area contributed by atoms with Crippen LogP contribution in [0.2, 0.25) is 5.02 Å². The number of rotatable bonds is 7. The third-order valence-electron chi connectivity index (χ3n) is 2.54. The smallest absolute Gasteiger partial charge is 0.317 e. The van der Waals surface area contributed by atoms with Gasteiger partial charge in [-0.15, -0.1) is 0 Å². The Labute approximate surface area is 112 Å². The van der Waals surface area contributed by atoms with Crippen LogP contribution >= 0.6 is 11.6 Å². The number of halogens is 1.